The van der Waals surface area contributed by atoms with E-state index in [4.69, 9.17) is 18.5 Å². The predicted molar refractivity (Wildman–Crippen MR) is 352 cm³/mol. The molecule has 0 aromatic rings. The van der Waals surface area contributed by atoms with E-state index in [0.717, 1.165) is 128 Å². The van der Waals surface area contributed by atoms with Crippen LogP contribution in [0, 0.1) is 0 Å². The van der Waals surface area contributed by atoms with Gasteiger partial charge in [-0.1, -0.05) is 233 Å². The molecule has 0 aliphatic carbocycles. The van der Waals surface area contributed by atoms with Crippen LogP contribution in [-0.2, 0) is 32.7 Å². The molecule has 0 aromatic carbocycles. The van der Waals surface area contributed by atoms with Crippen LogP contribution in [0.15, 0.2) is 219 Å². The molecular weight excluding hydrogens is 1040 g/mol. The third kappa shape index (κ3) is 63.5. The van der Waals surface area contributed by atoms with Crippen molar-refractivity contribution in [1.29, 1.82) is 0 Å². The summed E-state index contributed by atoms with van der Waals surface area (Å²) in [6.45, 7) is 4.01. The van der Waals surface area contributed by atoms with Crippen LogP contribution in [0.4, 0.5) is 0 Å². The molecule has 454 valence electrons. The van der Waals surface area contributed by atoms with Crippen molar-refractivity contribution >= 4 is 19.8 Å². The monoisotopic (exact) mass is 1150 g/mol. The lowest BCUT2D eigenvalue weighted by molar-refractivity contribution is -0.870. The van der Waals surface area contributed by atoms with Crippen LogP contribution in [0.1, 0.15) is 168 Å². The zero-order valence-corrected chi connectivity index (χ0v) is 52.3. The van der Waals surface area contributed by atoms with Crippen molar-refractivity contribution in [2.24, 2.45) is 0 Å². The van der Waals surface area contributed by atoms with Crippen molar-refractivity contribution in [2.75, 3.05) is 47.5 Å². The Hall–Kier alpha value is -5.67. The fourth-order valence-corrected chi connectivity index (χ4v) is 7.64. The van der Waals surface area contributed by atoms with Gasteiger partial charge in [0.05, 0.1) is 27.7 Å². The number of nitrogens with zero attached hydrogens (tertiary/aromatic N) is 1. The van der Waals surface area contributed by atoms with Gasteiger partial charge >= 0.3 is 19.8 Å². The van der Waals surface area contributed by atoms with Gasteiger partial charge < -0.3 is 18.9 Å². The molecular formula is C72H109NO8P+. The second-order valence-corrected chi connectivity index (χ2v) is 21.7. The minimum absolute atomic E-state index is 0.00179. The van der Waals surface area contributed by atoms with Crippen molar-refractivity contribution in [3.8, 4) is 0 Å². The van der Waals surface area contributed by atoms with Crippen LogP contribution in [-0.4, -0.2) is 74.9 Å². The number of hydrogen-bond donors (Lipinski definition) is 1. The SMILES string of the molecule is CC/C=C\C/C=C\C/C=C\C/C=C\C/C=C\C/C=C\C/C=C\C/C=C\C/C=C\C/C=C\C/C=C\C/C=C\CCCCC(=O)OC(COC(=O)CC/C=C\C/C=C\C/C=C\C/C=C\C/C=C\C/C=C\CC)COP(=O)(O)OCC[N+](C)(C)C. The number of phosphoric ester groups is 1. The number of likely N-dealkylation sites (N-methyl/N-ethyl adjacent to an activating group) is 1. The molecule has 9 nitrogen and oxygen atoms in total. The maximum atomic E-state index is 12.8. The molecule has 0 spiro atoms. The average molecular weight is 1150 g/mol. The molecule has 0 saturated heterocycles. The molecule has 0 rings (SSSR count). The normalized spacial score (nSPS) is 14.8. The van der Waals surface area contributed by atoms with E-state index < -0.39 is 32.5 Å². The fraction of sp³-hybridized carbons (Fsp3) is 0.472. The summed E-state index contributed by atoms with van der Waals surface area (Å²) in [7, 11) is 1.37. The Kier molecular flexibility index (Phi) is 55.8. The van der Waals surface area contributed by atoms with Gasteiger partial charge in [-0.3, -0.25) is 18.6 Å². The number of quaternary nitrogens is 1. The first-order chi connectivity index (χ1) is 40.0. The number of allylic oxidation sites excluding steroid dienone is 36. The van der Waals surface area contributed by atoms with Gasteiger partial charge in [0.25, 0.3) is 0 Å². The van der Waals surface area contributed by atoms with Gasteiger partial charge in [-0.2, -0.15) is 0 Å². The number of esters is 2. The Morgan fingerprint density at radius 1 is 0.378 bits per heavy atom. The Bertz CT molecular complexity index is 2180. The third-order valence-electron chi connectivity index (χ3n) is 11.5. The lowest BCUT2D eigenvalue weighted by atomic mass is 10.2. The summed E-state index contributed by atoms with van der Waals surface area (Å²) >= 11 is 0. The highest BCUT2D eigenvalue weighted by atomic mass is 31.2. The lowest BCUT2D eigenvalue weighted by Crippen LogP contribution is -2.37. The van der Waals surface area contributed by atoms with Crippen molar-refractivity contribution < 1.29 is 42.1 Å². The van der Waals surface area contributed by atoms with E-state index in [1.165, 1.54) is 0 Å². The Morgan fingerprint density at radius 2 is 0.671 bits per heavy atom. The van der Waals surface area contributed by atoms with Crippen LogP contribution in [0.3, 0.4) is 0 Å². The van der Waals surface area contributed by atoms with Crippen molar-refractivity contribution in [3.63, 3.8) is 0 Å². The van der Waals surface area contributed by atoms with E-state index in [0.29, 0.717) is 23.9 Å². The Balaban J connectivity index is 4.35. The zero-order chi connectivity index (χ0) is 59.8. The first kappa shape index (κ1) is 76.3. The van der Waals surface area contributed by atoms with Gasteiger partial charge in [0.2, 0.25) is 0 Å². The summed E-state index contributed by atoms with van der Waals surface area (Å²) in [4.78, 5) is 35.6. The minimum atomic E-state index is -4.43. The fourth-order valence-electron chi connectivity index (χ4n) is 6.90. The maximum absolute atomic E-state index is 12.8. The summed E-state index contributed by atoms with van der Waals surface area (Å²) in [6.07, 6.45) is 97.6. The van der Waals surface area contributed by atoms with Crippen LogP contribution in [0.5, 0.6) is 0 Å². The number of carbonyl (C=O) groups is 2. The van der Waals surface area contributed by atoms with Crippen LogP contribution in [0.25, 0.3) is 0 Å². The van der Waals surface area contributed by atoms with Gasteiger partial charge in [-0.25, -0.2) is 4.57 Å². The molecule has 10 heteroatoms. The van der Waals surface area contributed by atoms with E-state index >= 15 is 0 Å². The lowest BCUT2D eigenvalue weighted by Gasteiger charge is -2.24. The van der Waals surface area contributed by atoms with E-state index in [9.17, 15) is 19.0 Å². The summed E-state index contributed by atoms with van der Waals surface area (Å²) < 4.78 is 34.4. The van der Waals surface area contributed by atoms with Crippen molar-refractivity contribution in [2.45, 2.75) is 174 Å². The Labute approximate surface area is 499 Å². The second-order valence-electron chi connectivity index (χ2n) is 20.3. The van der Waals surface area contributed by atoms with E-state index in [1.54, 1.807) is 0 Å². The van der Waals surface area contributed by atoms with Crippen LogP contribution in [0.2, 0.25) is 0 Å². The van der Waals surface area contributed by atoms with E-state index in [2.05, 4.69) is 220 Å². The number of rotatable bonds is 52. The van der Waals surface area contributed by atoms with E-state index in [1.807, 2.05) is 33.3 Å². The largest absolute Gasteiger partial charge is 0.472 e. The molecule has 0 aliphatic heterocycles. The van der Waals surface area contributed by atoms with Crippen molar-refractivity contribution in [1.82, 2.24) is 0 Å². The molecule has 0 heterocycles. The molecule has 2 unspecified atom stereocenters. The first-order valence-corrected chi connectivity index (χ1v) is 32.0. The summed E-state index contributed by atoms with van der Waals surface area (Å²) in [6, 6.07) is 0. The van der Waals surface area contributed by atoms with E-state index in [-0.39, 0.29) is 26.1 Å². The molecule has 0 amide bonds. The Morgan fingerprint density at radius 3 is 0.976 bits per heavy atom. The first-order valence-electron chi connectivity index (χ1n) is 30.5. The maximum Gasteiger partial charge on any atom is 0.472 e. The average Bonchev–Trinajstić information content (AvgIpc) is 3.46. The molecule has 2 atom stereocenters. The highest BCUT2D eigenvalue weighted by Gasteiger charge is 2.27. The quantitative estimate of drug-likeness (QED) is 0.0211. The second kappa shape index (κ2) is 59.9. The molecule has 0 radical (unpaired) electrons. The van der Waals surface area contributed by atoms with Gasteiger partial charge in [0.15, 0.2) is 6.10 Å². The molecule has 0 saturated carbocycles. The van der Waals surface area contributed by atoms with Crippen LogP contribution < -0.4 is 0 Å². The molecule has 0 aromatic heterocycles. The molecule has 1 N–H and O–H groups in total. The number of carbonyl (C=O) groups excluding carboxylic acids is 2. The topological polar surface area (TPSA) is 108 Å². The third-order valence-corrected chi connectivity index (χ3v) is 12.5. The predicted octanol–water partition coefficient (Wildman–Crippen LogP) is 19.7. The van der Waals surface area contributed by atoms with Crippen LogP contribution >= 0.6 is 7.82 Å². The molecule has 0 aliphatic rings. The van der Waals surface area contributed by atoms with Gasteiger partial charge in [0, 0.05) is 12.8 Å². The number of unbranched alkanes of at least 4 members (excludes halogenated alkanes) is 2. The molecule has 0 fully saturated rings. The standard InChI is InChI=1S/C72H108NO8P/c1-6-8-10-12-14-16-18-20-22-24-26-27-28-29-30-31-32-33-34-35-36-37-38-39-40-41-42-43-44-45-47-49-51-53-55-57-59-61-63-65-72(75)81-70(69-80-82(76,77)79-67-66-73(3,4)5)68-78-71(74)64-62-60-58-56-54-52-50-48-46-25-23-21-19-17-15-13-11-9-7-2/h8-11,14-17,20-23,26-27,29-30,32-33,35-36,38-39,41-42,44-46,48-49,51-52,54-55,57-58,60,70H,6-7,12-13,18-19,24-25,28,31,34,37,40,43,47,50,53,56,59,61-69H2,1-5H3/p+1/b10-8-,11-9-,16-14-,17-15-,22-20-,23-21-,27-26-,30-29-,33-32-,36-35-,39-38-,42-41-,45-44-,48-46-,51-49-,54-52-,57-55-,60-58-. The summed E-state index contributed by atoms with van der Waals surface area (Å²) in [5.41, 5.74) is 0. The van der Waals surface area contributed by atoms with Gasteiger partial charge in [-0.15, -0.1) is 0 Å². The zero-order valence-electron chi connectivity index (χ0n) is 51.4. The highest BCUT2D eigenvalue weighted by molar-refractivity contribution is 7.47. The number of hydrogen-bond acceptors (Lipinski definition) is 7. The highest BCUT2D eigenvalue weighted by Crippen LogP contribution is 2.43. The number of ether oxygens (including phenoxy) is 2. The van der Waals surface area contributed by atoms with Gasteiger partial charge in [-0.05, 0) is 141 Å². The van der Waals surface area contributed by atoms with Crippen molar-refractivity contribution in [3.05, 3.63) is 219 Å². The molecule has 82 heavy (non-hydrogen) atoms. The minimum Gasteiger partial charge on any atom is -0.462 e. The smallest absolute Gasteiger partial charge is 0.462 e. The van der Waals surface area contributed by atoms with Gasteiger partial charge in [0.1, 0.15) is 19.8 Å². The molecule has 0 bridgehead atoms. The summed E-state index contributed by atoms with van der Waals surface area (Å²) in [5, 5.41) is 0. The summed E-state index contributed by atoms with van der Waals surface area (Å²) in [5.74, 6) is -0.970. The number of phosphoric acid groups is 1.